The van der Waals surface area contributed by atoms with Crippen LogP contribution in [0, 0.1) is 0 Å². The van der Waals surface area contributed by atoms with Gasteiger partial charge in [-0.1, -0.05) is 6.07 Å². The molecule has 0 amide bonds. The van der Waals surface area contributed by atoms with Gasteiger partial charge in [0.15, 0.2) is 0 Å². The lowest BCUT2D eigenvalue weighted by molar-refractivity contribution is -0.141. The predicted molar refractivity (Wildman–Crippen MR) is 62.1 cm³/mol. The number of nitrogens with two attached hydrogens (primary N) is 1. The molecule has 18 heavy (non-hydrogen) atoms. The molecule has 0 spiro atoms. The van der Waals surface area contributed by atoms with Gasteiger partial charge in [0.2, 0.25) is 0 Å². The first-order valence-electron chi connectivity index (χ1n) is 5.42. The second-order valence-electron chi connectivity index (χ2n) is 4.02. The Bertz CT molecular complexity index is 409. The molecule has 0 aliphatic carbocycles. The molecule has 0 fully saturated rings. The lowest BCUT2D eigenvalue weighted by Crippen LogP contribution is -2.34. The van der Waals surface area contributed by atoms with E-state index in [1.165, 1.54) is 11.0 Å². The van der Waals surface area contributed by atoms with E-state index in [4.69, 9.17) is 10.8 Å². The van der Waals surface area contributed by atoms with Crippen LogP contribution in [-0.4, -0.2) is 29.8 Å². The fourth-order valence-electron chi connectivity index (χ4n) is 1.43. The minimum atomic E-state index is -4.49. The minimum absolute atomic E-state index is 0.0863. The summed E-state index contributed by atoms with van der Waals surface area (Å²) in [5.74, 6) is 0.147. The molecule has 0 aliphatic heterocycles. The molecular formula is C11H16F3N3O. The van der Waals surface area contributed by atoms with Crippen molar-refractivity contribution in [2.45, 2.75) is 25.7 Å². The molecule has 1 atom stereocenters. The Hall–Kier alpha value is -1.34. The highest BCUT2D eigenvalue weighted by molar-refractivity contribution is 5.48. The number of nitrogens with zero attached hydrogens (tertiary/aromatic N) is 2. The van der Waals surface area contributed by atoms with E-state index in [-0.39, 0.29) is 25.0 Å². The maximum absolute atomic E-state index is 12.6. The largest absolute Gasteiger partial charge is 0.433 e. The molecule has 3 N–H and O–H groups in total. The summed E-state index contributed by atoms with van der Waals surface area (Å²) in [4.78, 5) is 5.08. The average Bonchev–Trinajstić information content (AvgIpc) is 2.35. The Morgan fingerprint density at radius 3 is 2.50 bits per heavy atom. The Morgan fingerprint density at radius 2 is 2.06 bits per heavy atom. The molecule has 0 radical (unpaired) electrons. The fraction of sp³-hybridized carbons (Fsp3) is 0.545. The van der Waals surface area contributed by atoms with E-state index in [0.717, 1.165) is 6.07 Å². The number of anilines is 1. The van der Waals surface area contributed by atoms with Gasteiger partial charge < -0.3 is 15.7 Å². The summed E-state index contributed by atoms with van der Waals surface area (Å²) in [5.41, 5.74) is 5.02. The van der Waals surface area contributed by atoms with Gasteiger partial charge in [0, 0.05) is 19.2 Å². The van der Waals surface area contributed by atoms with Gasteiger partial charge in [-0.05, 0) is 13.0 Å². The molecule has 0 saturated carbocycles. The van der Waals surface area contributed by atoms with E-state index in [2.05, 4.69) is 4.98 Å². The highest BCUT2D eigenvalue weighted by Gasteiger charge is 2.33. The molecule has 1 rings (SSSR count). The molecule has 4 nitrogen and oxygen atoms in total. The van der Waals surface area contributed by atoms with Crippen LogP contribution in [0.2, 0.25) is 0 Å². The second kappa shape index (κ2) is 5.53. The van der Waals surface area contributed by atoms with Gasteiger partial charge in [-0.15, -0.1) is 0 Å². The van der Waals surface area contributed by atoms with Crippen molar-refractivity contribution in [3.63, 3.8) is 0 Å². The summed E-state index contributed by atoms with van der Waals surface area (Å²) in [6.45, 7) is 1.59. The fourth-order valence-corrected chi connectivity index (χ4v) is 1.43. The van der Waals surface area contributed by atoms with E-state index in [1.807, 2.05) is 0 Å². The van der Waals surface area contributed by atoms with Crippen LogP contribution in [0.25, 0.3) is 0 Å². The van der Waals surface area contributed by atoms with Crippen LogP contribution in [0.15, 0.2) is 12.1 Å². The van der Waals surface area contributed by atoms with Crippen LogP contribution < -0.4 is 10.6 Å². The first-order valence-corrected chi connectivity index (χ1v) is 5.42. The number of aliphatic hydroxyl groups excluding tert-OH is 1. The molecule has 102 valence electrons. The van der Waals surface area contributed by atoms with Crippen molar-refractivity contribution >= 4 is 5.82 Å². The van der Waals surface area contributed by atoms with Crippen molar-refractivity contribution in [1.29, 1.82) is 0 Å². The third-order valence-electron chi connectivity index (χ3n) is 2.73. The SMILES string of the molecule is CC(CO)N(C)c1nc(C(F)(F)F)ccc1CN. The number of aliphatic hydroxyl groups is 1. The molecular weight excluding hydrogens is 247 g/mol. The lowest BCUT2D eigenvalue weighted by atomic mass is 10.2. The Labute approximate surface area is 103 Å². The predicted octanol–water partition coefficient (Wildman–Crippen LogP) is 1.38. The van der Waals surface area contributed by atoms with E-state index >= 15 is 0 Å². The van der Waals surface area contributed by atoms with Gasteiger partial charge in [-0.25, -0.2) is 4.98 Å². The highest BCUT2D eigenvalue weighted by Crippen LogP contribution is 2.30. The van der Waals surface area contributed by atoms with Crippen molar-refractivity contribution in [2.24, 2.45) is 5.73 Å². The summed E-state index contributed by atoms with van der Waals surface area (Å²) in [6.07, 6.45) is -4.49. The van der Waals surface area contributed by atoms with E-state index < -0.39 is 11.9 Å². The van der Waals surface area contributed by atoms with Crippen LogP contribution in [0.3, 0.4) is 0 Å². The summed E-state index contributed by atoms with van der Waals surface area (Å²) in [5, 5.41) is 9.04. The van der Waals surface area contributed by atoms with Crippen molar-refractivity contribution in [3.05, 3.63) is 23.4 Å². The normalized spacial score (nSPS) is 13.5. The number of hydrogen-bond acceptors (Lipinski definition) is 4. The molecule has 0 saturated heterocycles. The monoisotopic (exact) mass is 263 g/mol. The van der Waals surface area contributed by atoms with Crippen molar-refractivity contribution in [1.82, 2.24) is 4.98 Å². The van der Waals surface area contributed by atoms with Crippen molar-refractivity contribution in [2.75, 3.05) is 18.6 Å². The third-order valence-corrected chi connectivity index (χ3v) is 2.73. The van der Waals surface area contributed by atoms with Crippen LogP contribution in [0.4, 0.5) is 19.0 Å². The summed E-state index contributed by atoms with van der Waals surface area (Å²) >= 11 is 0. The number of rotatable bonds is 4. The number of pyridine rings is 1. The quantitative estimate of drug-likeness (QED) is 0.861. The van der Waals surface area contributed by atoms with Gasteiger partial charge in [0.25, 0.3) is 0 Å². The second-order valence-corrected chi connectivity index (χ2v) is 4.02. The molecule has 0 bridgehead atoms. The molecule has 1 aromatic heterocycles. The zero-order chi connectivity index (χ0) is 13.9. The van der Waals surface area contributed by atoms with Gasteiger partial charge >= 0.3 is 6.18 Å². The van der Waals surface area contributed by atoms with E-state index in [1.54, 1.807) is 14.0 Å². The third kappa shape index (κ3) is 3.11. The first-order chi connectivity index (χ1) is 8.31. The van der Waals surface area contributed by atoms with Crippen LogP contribution in [0.5, 0.6) is 0 Å². The number of likely N-dealkylation sites (N-methyl/N-ethyl adjacent to an activating group) is 1. The van der Waals surface area contributed by atoms with Gasteiger partial charge in [0.05, 0.1) is 12.6 Å². The average molecular weight is 263 g/mol. The summed E-state index contributed by atoms with van der Waals surface area (Å²) in [7, 11) is 1.57. The van der Waals surface area contributed by atoms with Gasteiger partial charge in [-0.3, -0.25) is 0 Å². The number of aromatic nitrogens is 1. The maximum Gasteiger partial charge on any atom is 0.433 e. The molecule has 0 aromatic carbocycles. The number of hydrogen-bond donors (Lipinski definition) is 2. The standard InChI is InChI=1S/C11H16F3N3O/c1-7(6-18)17(2)10-8(5-15)3-4-9(16-10)11(12,13)14/h3-4,7,18H,5-6,15H2,1-2H3. The van der Waals surface area contributed by atoms with Crippen LogP contribution in [0.1, 0.15) is 18.2 Å². The minimum Gasteiger partial charge on any atom is -0.394 e. The molecule has 1 heterocycles. The molecule has 1 unspecified atom stereocenters. The smallest absolute Gasteiger partial charge is 0.394 e. The Morgan fingerprint density at radius 1 is 1.44 bits per heavy atom. The van der Waals surface area contributed by atoms with Gasteiger partial charge in [0.1, 0.15) is 11.5 Å². The summed E-state index contributed by atoms with van der Waals surface area (Å²) in [6, 6.07) is 1.88. The maximum atomic E-state index is 12.6. The molecule has 0 aliphatic rings. The zero-order valence-corrected chi connectivity index (χ0v) is 10.2. The Balaban J connectivity index is 3.22. The number of alkyl halides is 3. The lowest BCUT2D eigenvalue weighted by Gasteiger charge is -2.26. The van der Waals surface area contributed by atoms with Crippen LogP contribution in [-0.2, 0) is 12.7 Å². The molecule has 1 aromatic rings. The van der Waals surface area contributed by atoms with Gasteiger partial charge in [-0.2, -0.15) is 13.2 Å². The summed E-state index contributed by atoms with van der Waals surface area (Å²) < 4.78 is 37.8. The topological polar surface area (TPSA) is 62.4 Å². The number of halogens is 3. The van der Waals surface area contributed by atoms with Crippen molar-refractivity contribution < 1.29 is 18.3 Å². The zero-order valence-electron chi connectivity index (χ0n) is 10.2. The van der Waals surface area contributed by atoms with E-state index in [9.17, 15) is 13.2 Å². The van der Waals surface area contributed by atoms with Crippen LogP contribution >= 0.6 is 0 Å². The van der Waals surface area contributed by atoms with E-state index in [0.29, 0.717) is 5.56 Å². The highest BCUT2D eigenvalue weighted by atomic mass is 19.4. The first kappa shape index (κ1) is 14.7. The van der Waals surface area contributed by atoms with Crippen molar-refractivity contribution in [3.8, 4) is 0 Å². The molecule has 7 heteroatoms. The Kier molecular flexibility index (Phi) is 4.53.